The largest absolute Gasteiger partial charge is 0.381 e. The summed E-state index contributed by atoms with van der Waals surface area (Å²) in [7, 11) is 0. The smallest absolute Gasteiger partial charge is 0.328 e. The van der Waals surface area contributed by atoms with Crippen LogP contribution in [0.15, 0.2) is 10.7 Å². The molecule has 1 aliphatic rings. The predicted molar refractivity (Wildman–Crippen MR) is 67.6 cm³/mol. The lowest BCUT2D eigenvalue weighted by molar-refractivity contribution is -0.121. The Morgan fingerprint density at radius 1 is 1.35 bits per heavy atom. The molecule has 0 aliphatic carbocycles. The molecule has 3 rings (SSSR count). The van der Waals surface area contributed by atoms with Crippen molar-refractivity contribution in [3.05, 3.63) is 17.0 Å². The predicted octanol–water partition coefficient (Wildman–Crippen LogP) is 3.02. The van der Waals surface area contributed by atoms with E-state index >= 15 is 0 Å². The molecule has 5 nitrogen and oxygen atoms in total. The van der Waals surface area contributed by atoms with Crippen LogP contribution in [0, 0.1) is 12.8 Å². The lowest BCUT2D eigenvalue weighted by atomic mass is 9.93. The number of hydrogen-bond donors (Lipinski definition) is 0. The van der Waals surface area contributed by atoms with Gasteiger partial charge in [-0.15, -0.1) is 11.3 Å². The Kier molecular flexibility index (Phi) is 3.51. The summed E-state index contributed by atoms with van der Waals surface area (Å²) < 4.78 is 38.5. The molecule has 0 atom stereocenters. The highest BCUT2D eigenvalue weighted by molar-refractivity contribution is 7.14. The van der Waals surface area contributed by atoms with Crippen molar-refractivity contribution in [1.29, 1.82) is 0 Å². The molecular formula is C12H13F2N3O2S. The molecule has 20 heavy (non-hydrogen) atoms. The standard InChI is InChI=1S/C12H13F2N3O2S/c1-7-6-15-10(20-7)9-16-11(19-17-9)12(13,14)8-2-4-18-5-3-8/h6,8H,2-5H2,1H3. The Morgan fingerprint density at radius 2 is 2.10 bits per heavy atom. The topological polar surface area (TPSA) is 61.0 Å². The van der Waals surface area contributed by atoms with Crippen LogP contribution in [0.25, 0.3) is 10.8 Å². The van der Waals surface area contributed by atoms with Gasteiger partial charge >= 0.3 is 5.92 Å². The maximum absolute atomic E-state index is 14.3. The van der Waals surface area contributed by atoms with E-state index in [1.807, 2.05) is 6.92 Å². The van der Waals surface area contributed by atoms with Crippen molar-refractivity contribution in [3.63, 3.8) is 0 Å². The lowest BCUT2D eigenvalue weighted by Crippen LogP contribution is -2.31. The Morgan fingerprint density at radius 3 is 2.75 bits per heavy atom. The second-order valence-electron chi connectivity index (χ2n) is 4.71. The zero-order chi connectivity index (χ0) is 14.2. The van der Waals surface area contributed by atoms with E-state index in [1.165, 1.54) is 11.3 Å². The monoisotopic (exact) mass is 301 g/mol. The van der Waals surface area contributed by atoms with Crippen LogP contribution in [0.2, 0.25) is 0 Å². The van der Waals surface area contributed by atoms with Crippen LogP contribution < -0.4 is 0 Å². The zero-order valence-electron chi connectivity index (χ0n) is 10.8. The quantitative estimate of drug-likeness (QED) is 0.872. The van der Waals surface area contributed by atoms with Crippen molar-refractivity contribution in [2.75, 3.05) is 13.2 Å². The third-order valence-corrected chi connectivity index (χ3v) is 4.17. The summed E-state index contributed by atoms with van der Waals surface area (Å²) in [4.78, 5) is 8.84. The fourth-order valence-corrected chi connectivity index (χ4v) is 2.83. The third kappa shape index (κ3) is 2.45. The van der Waals surface area contributed by atoms with Gasteiger partial charge in [-0.3, -0.25) is 0 Å². The van der Waals surface area contributed by atoms with E-state index in [0.29, 0.717) is 31.1 Å². The molecular weight excluding hydrogens is 288 g/mol. The minimum atomic E-state index is -3.12. The first kappa shape index (κ1) is 13.6. The maximum Gasteiger partial charge on any atom is 0.328 e. The molecule has 108 valence electrons. The van der Waals surface area contributed by atoms with Gasteiger partial charge in [0.2, 0.25) is 5.82 Å². The van der Waals surface area contributed by atoms with Crippen LogP contribution in [0.4, 0.5) is 8.78 Å². The molecule has 0 saturated carbocycles. The number of thiazole rings is 1. The van der Waals surface area contributed by atoms with Gasteiger partial charge in [-0.25, -0.2) is 4.98 Å². The van der Waals surface area contributed by atoms with Crippen LogP contribution in [0.3, 0.4) is 0 Å². The fraction of sp³-hybridized carbons (Fsp3) is 0.583. The zero-order valence-corrected chi connectivity index (χ0v) is 11.6. The number of aromatic nitrogens is 3. The SMILES string of the molecule is Cc1cnc(-c2noc(C(F)(F)C3CCOCC3)n2)s1. The highest BCUT2D eigenvalue weighted by atomic mass is 32.1. The van der Waals surface area contributed by atoms with Gasteiger partial charge in [0, 0.05) is 30.2 Å². The van der Waals surface area contributed by atoms with Gasteiger partial charge in [0.1, 0.15) is 0 Å². The highest BCUT2D eigenvalue weighted by Gasteiger charge is 2.47. The summed E-state index contributed by atoms with van der Waals surface area (Å²) in [5, 5.41) is 4.10. The number of ether oxygens (including phenoxy) is 1. The highest BCUT2D eigenvalue weighted by Crippen LogP contribution is 2.40. The Labute approximate surface area is 118 Å². The van der Waals surface area contributed by atoms with E-state index in [1.54, 1.807) is 6.20 Å². The molecule has 0 radical (unpaired) electrons. The van der Waals surface area contributed by atoms with Gasteiger partial charge in [0.15, 0.2) is 5.01 Å². The molecule has 0 aromatic carbocycles. The molecule has 2 aromatic heterocycles. The van der Waals surface area contributed by atoms with Gasteiger partial charge in [-0.1, -0.05) is 5.16 Å². The second kappa shape index (κ2) is 5.17. The van der Waals surface area contributed by atoms with E-state index in [0.717, 1.165) is 4.88 Å². The number of rotatable bonds is 3. The van der Waals surface area contributed by atoms with Crippen LogP contribution >= 0.6 is 11.3 Å². The first-order valence-electron chi connectivity index (χ1n) is 6.30. The van der Waals surface area contributed by atoms with Crippen LogP contribution in [-0.2, 0) is 10.7 Å². The molecule has 0 amide bonds. The summed E-state index contributed by atoms with van der Waals surface area (Å²) in [5.74, 6) is -4.46. The summed E-state index contributed by atoms with van der Waals surface area (Å²) in [6.07, 6.45) is 2.23. The molecule has 0 N–H and O–H groups in total. The van der Waals surface area contributed by atoms with Crippen molar-refractivity contribution >= 4 is 11.3 Å². The first-order valence-corrected chi connectivity index (χ1v) is 7.11. The van der Waals surface area contributed by atoms with Crippen molar-refractivity contribution in [3.8, 4) is 10.8 Å². The van der Waals surface area contributed by atoms with Crippen molar-refractivity contribution in [2.45, 2.75) is 25.7 Å². The van der Waals surface area contributed by atoms with Gasteiger partial charge < -0.3 is 9.26 Å². The van der Waals surface area contributed by atoms with E-state index in [9.17, 15) is 8.78 Å². The normalized spacial score (nSPS) is 17.6. The Bertz CT molecular complexity index is 593. The van der Waals surface area contributed by atoms with Crippen molar-refractivity contribution in [2.24, 2.45) is 5.92 Å². The molecule has 0 bridgehead atoms. The minimum Gasteiger partial charge on any atom is -0.381 e. The molecule has 0 unspecified atom stereocenters. The number of nitrogens with zero attached hydrogens (tertiary/aromatic N) is 3. The van der Waals surface area contributed by atoms with Crippen LogP contribution in [0.5, 0.6) is 0 Å². The van der Waals surface area contributed by atoms with Crippen molar-refractivity contribution < 1.29 is 18.0 Å². The fourth-order valence-electron chi connectivity index (χ4n) is 2.14. The van der Waals surface area contributed by atoms with E-state index in [4.69, 9.17) is 9.26 Å². The molecule has 2 aromatic rings. The van der Waals surface area contributed by atoms with Crippen molar-refractivity contribution in [1.82, 2.24) is 15.1 Å². The molecule has 0 spiro atoms. The molecule has 1 saturated heterocycles. The van der Waals surface area contributed by atoms with Gasteiger partial charge in [-0.2, -0.15) is 13.8 Å². The van der Waals surface area contributed by atoms with Crippen LogP contribution in [0.1, 0.15) is 23.6 Å². The Balaban J connectivity index is 1.85. The summed E-state index contributed by atoms with van der Waals surface area (Å²) in [5.41, 5.74) is 0. The second-order valence-corrected chi connectivity index (χ2v) is 5.94. The third-order valence-electron chi connectivity index (χ3n) is 3.26. The number of halogens is 2. The first-order chi connectivity index (χ1) is 9.57. The Hall–Kier alpha value is -1.41. The average molecular weight is 301 g/mol. The summed E-state index contributed by atoms with van der Waals surface area (Å²) in [6.45, 7) is 2.55. The molecule has 3 heterocycles. The maximum atomic E-state index is 14.3. The van der Waals surface area contributed by atoms with Gasteiger partial charge in [-0.05, 0) is 19.8 Å². The van der Waals surface area contributed by atoms with Gasteiger partial charge in [0.25, 0.3) is 5.89 Å². The van der Waals surface area contributed by atoms with E-state index < -0.39 is 17.7 Å². The number of alkyl halides is 2. The average Bonchev–Trinajstić information content (AvgIpc) is 3.08. The van der Waals surface area contributed by atoms with Crippen LogP contribution in [-0.4, -0.2) is 28.3 Å². The van der Waals surface area contributed by atoms with E-state index in [2.05, 4.69) is 15.1 Å². The minimum absolute atomic E-state index is 0.116. The molecule has 1 aliphatic heterocycles. The van der Waals surface area contributed by atoms with E-state index in [-0.39, 0.29) is 5.82 Å². The summed E-state index contributed by atoms with van der Waals surface area (Å²) >= 11 is 1.34. The lowest BCUT2D eigenvalue weighted by Gasteiger charge is -2.27. The summed E-state index contributed by atoms with van der Waals surface area (Å²) in [6, 6.07) is 0. The molecule has 1 fully saturated rings. The van der Waals surface area contributed by atoms with Gasteiger partial charge in [0.05, 0.1) is 0 Å². The number of aryl methyl sites for hydroxylation is 1. The number of hydrogen-bond acceptors (Lipinski definition) is 6. The molecule has 8 heteroatoms.